The third-order valence-corrected chi connectivity index (χ3v) is 5.38. The highest BCUT2D eigenvalue weighted by atomic mass is 32.2. The van der Waals surface area contributed by atoms with Crippen LogP contribution in [0.3, 0.4) is 0 Å². The molecule has 1 aliphatic heterocycles. The van der Waals surface area contributed by atoms with E-state index in [0.29, 0.717) is 16.0 Å². The zero-order valence-electron chi connectivity index (χ0n) is 11.0. The van der Waals surface area contributed by atoms with Gasteiger partial charge < -0.3 is 5.32 Å². The van der Waals surface area contributed by atoms with Crippen molar-refractivity contribution in [3.05, 3.63) is 65.2 Å². The largest absolute Gasteiger partial charge is 0.305 e. The third-order valence-electron chi connectivity index (χ3n) is 3.57. The first-order valence-corrected chi connectivity index (χ1v) is 8.11. The molecule has 1 heterocycles. The smallest absolute Gasteiger partial charge is 0.180 e. The second-order valence-corrected chi connectivity index (χ2v) is 6.99. The van der Waals surface area contributed by atoms with Crippen molar-refractivity contribution < 1.29 is 17.2 Å². The molecule has 2 aromatic carbocycles. The minimum Gasteiger partial charge on any atom is -0.305 e. The van der Waals surface area contributed by atoms with Crippen LogP contribution in [0.5, 0.6) is 0 Å². The molecule has 0 bridgehead atoms. The Balaban J connectivity index is 1.81. The van der Waals surface area contributed by atoms with E-state index in [0.717, 1.165) is 6.07 Å². The summed E-state index contributed by atoms with van der Waals surface area (Å²) in [5.74, 6) is -1.32. The highest BCUT2D eigenvalue weighted by molar-refractivity contribution is 7.91. The Bertz CT molecular complexity index is 790. The van der Waals surface area contributed by atoms with E-state index >= 15 is 0 Å². The summed E-state index contributed by atoms with van der Waals surface area (Å²) < 4.78 is 50.5. The van der Waals surface area contributed by atoms with Gasteiger partial charge in [-0.05, 0) is 17.7 Å². The molecule has 21 heavy (non-hydrogen) atoms. The normalized spacial score (nSPS) is 19.4. The number of halogens is 2. The minimum absolute atomic E-state index is 0.0465. The van der Waals surface area contributed by atoms with Crippen molar-refractivity contribution in [2.24, 2.45) is 0 Å². The van der Waals surface area contributed by atoms with Crippen LogP contribution in [-0.2, 0) is 16.4 Å². The summed E-state index contributed by atoms with van der Waals surface area (Å²) in [5.41, 5.74) is 0.998. The molecule has 0 fully saturated rings. The van der Waals surface area contributed by atoms with Crippen molar-refractivity contribution in [3.8, 4) is 0 Å². The molecule has 0 aliphatic carbocycles. The number of hydrogen-bond donors (Lipinski definition) is 1. The molecule has 2 aromatic rings. The Kier molecular flexibility index (Phi) is 3.51. The SMILES string of the molecule is O=S1(=O)CC(NCc2ccc(F)cc2F)c2ccccc21. The molecule has 6 heteroatoms. The van der Waals surface area contributed by atoms with E-state index in [2.05, 4.69) is 5.32 Å². The lowest BCUT2D eigenvalue weighted by Crippen LogP contribution is -2.22. The molecule has 0 saturated carbocycles. The maximum Gasteiger partial charge on any atom is 0.180 e. The Morgan fingerprint density at radius 1 is 1.14 bits per heavy atom. The van der Waals surface area contributed by atoms with Crippen LogP contribution >= 0.6 is 0 Å². The summed E-state index contributed by atoms with van der Waals surface area (Å²) in [5, 5.41) is 3.03. The van der Waals surface area contributed by atoms with Crippen LogP contribution in [-0.4, -0.2) is 14.2 Å². The van der Waals surface area contributed by atoms with Crippen LogP contribution in [0.15, 0.2) is 47.4 Å². The molecule has 0 amide bonds. The van der Waals surface area contributed by atoms with Gasteiger partial charge in [0.1, 0.15) is 11.6 Å². The van der Waals surface area contributed by atoms with Crippen molar-refractivity contribution in [1.29, 1.82) is 0 Å². The fourth-order valence-corrected chi connectivity index (χ4v) is 4.29. The van der Waals surface area contributed by atoms with Gasteiger partial charge in [-0.2, -0.15) is 0 Å². The van der Waals surface area contributed by atoms with Gasteiger partial charge in [-0.3, -0.25) is 0 Å². The second kappa shape index (κ2) is 5.20. The number of benzene rings is 2. The Labute approximate surface area is 121 Å². The van der Waals surface area contributed by atoms with Crippen molar-refractivity contribution in [3.63, 3.8) is 0 Å². The van der Waals surface area contributed by atoms with Gasteiger partial charge in [-0.1, -0.05) is 24.3 Å². The third kappa shape index (κ3) is 2.69. The van der Waals surface area contributed by atoms with Gasteiger partial charge >= 0.3 is 0 Å². The van der Waals surface area contributed by atoms with E-state index in [9.17, 15) is 17.2 Å². The lowest BCUT2D eigenvalue weighted by atomic mass is 10.1. The predicted octanol–water partition coefficient (Wildman–Crippen LogP) is 2.58. The molecule has 0 radical (unpaired) electrons. The maximum atomic E-state index is 13.6. The standard InChI is InChI=1S/C15H13F2NO2S/c16-11-6-5-10(13(17)7-11)8-18-14-9-21(19,20)15-4-2-1-3-12(14)15/h1-7,14,18H,8-9H2. The molecule has 1 atom stereocenters. The number of sulfone groups is 1. The maximum absolute atomic E-state index is 13.6. The van der Waals surface area contributed by atoms with Crippen molar-refractivity contribution >= 4 is 9.84 Å². The van der Waals surface area contributed by atoms with E-state index in [1.807, 2.05) is 0 Å². The van der Waals surface area contributed by atoms with E-state index in [4.69, 9.17) is 0 Å². The van der Waals surface area contributed by atoms with Crippen LogP contribution in [0.2, 0.25) is 0 Å². The Morgan fingerprint density at radius 2 is 1.90 bits per heavy atom. The molecule has 1 unspecified atom stereocenters. The minimum atomic E-state index is -3.29. The first-order chi connectivity index (χ1) is 9.97. The predicted molar refractivity (Wildman–Crippen MR) is 74.4 cm³/mol. The lowest BCUT2D eigenvalue weighted by Gasteiger charge is -2.13. The zero-order chi connectivity index (χ0) is 15.0. The van der Waals surface area contributed by atoms with Gasteiger partial charge in [-0.25, -0.2) is 17.2 Å². The molecule has 0 saturated heterocycles. The zero-order valence-corrected chi connectivity index (χ0v) is 11.8. The van der Waals surface area contributed by atoms with Gasteiger partial charge in [0.2, 0.25) is 0 Å². The fraction of sp³-hybridized carbons (Fsp3) is 0.200. The first-order valence-electron chi connectivity index (χ1n) is 6.46. The Hall–Kier alpha value is -1.79. The van der Waals surface area contributed by atoms with E-state index in [1.54, 1.807) is 24.3 Å². The number of rotatable bonds is 3. The molecular weight excluding hydrogens is 296 g/mol. The van der Waals surface area contributed by atoms with Crippen molar-refractivity contribution in [1.82, 2.24) is 5.32 Å². The van der Waals surface area contributed by atoms with Gasteiger partial charge in [0.15, 0.2) is 9.84 Å². The fourth-order valence-electron chi connectivity index (χ4n) is 2.52. The quantitative estimate of drug-likeness (QED) is 0.948. The van der Waals surface area contributed by atoms with E-state index in [1.165, 1.54) is 12.1 Å². The summed E-state index contributed by atoms with van der Waals surface area (Å²) in [4.78, 5) is 0.321. The average Bonchev–Trinajstić information content (AvgIpc) is 2.70. The topological polar surface area (TPSA) is 46.2 Å². The van der Waals surface area contributed by atoms with Crippen LogP contribution in [0.1, 0.15) is 17.2 Å². The molecule has 0 spiro atoms. The summed E-state index contributed by atoms with van der Waals surface area (Å²) in [6.07, 6.45) is 0. The van der Waals surface area contributed by atoms with Gasteiger partial charge in [0.25, 0.3) is 0 Å². The Morgan fingerprint density at radius 3 is 2.67 bits per heavy atom. The van der Waals surface area contributed by atoms with Gasteiger partial charge in [-0.15, -0.1) is 0 Å². The van der Waals surface area contributed by atoms with Crippen molar-refractivity contribution in [2.45, 2.75) is 17.5 Å². The number of hydrogen-bond acceptors (Lipinski definition) is 3. The van der Waals surface area contributed by atoms with Crippen LogP contribution in [0, 0.1) is 11.6 Å². The van der Waals surface area contributed by atoms with Gasteiger partial charge in [0.05, 0.1) is 10.6 Å². The van der Waals surface area contributed by atoms with E-state index < -0.39 is 21.5 Å². The molecule has 0 aromatic heterocycles. The average molecular weight is 309 g/mol. The summed E-state index contributed by atoms with van der Waals surface area (Å²) >= 11 is 0. The molecule has 3 nitrogen and oxygen atoms in total. The number of nitrogens with one attached hydrogen (secondary N) is 1. The molecule has 1 N–H and O–H groups in total. The summed E-state index contributed by atoms with van der Waals surface area (Å²) in [7, 11) is -3.29. The first kappa shape index (κ1) is 14.2. The highest BCUT2D eigenvalue weighted by Gasteiger charge is 2.33. The molecule has 110 valence electrons. The highest BCUT2D eigenvalue weighted by Crippen LogP contribution is 2.33. The summed E-state index contributed by atoms with van der Waals surface area (Å²) in [6, 6.07) is 9.74. The second-order valence-electron chi connectivity index (χ2n) is 4.99. The van der Waals surface area contributed by atoms with Gasteiger partial charge in [0, 0.05) is 24.2 Å². The molecular formula is C15H13F2NO2S. The van der Waals surface area contributed by atoms with Crippen molar-refractivity contribution in [2.75, 3.05) is 5.75 Å². The molecule has 3 rings (SSSR count). The van der Waals surface area contributed by atoms with Crippen LogP contribution in [0.25, 0.3) is 0 Å². The van der Waals surface area contributed by atoms with Crippen LogP contribution < -0.4 is 5.32 Å². The lowest BCUT2D eigenvalue weighted by molar-refractivity contribution is 0.534. The monoisotopic (exact) mass is 309 g/mol. The number of fused-ring (bicyclic) bond motifs is 1. The summed E-state index contributed by atoms with van der Waals surface area (Å²) in [6.45, 7) is 0.140. The molecule has 1 aliphatic rings. The van der Waals surface area contributed by atoms with Crippen LogP contribution in [0.4, 0.5) is 8.78 Å². The van der Waals surface area contributed by atoms with E-state index in [-0.39, 0.29) is 18.3 Å².